The van der Waals surface area contributed by atoms with E-state index in [0.29, 0.717) is 31.2 Å². The van der Waals surface area contributed by atoms with Crippen molar-refractivity contribution in [1.29, 1.82) is 0 Å². The number of carbonyl (C=O) groups is 2. The fourth-order valence-corrected chi connectivity index (χ4v) is 4.65. The van der Waals surface area contributed by atoms with Gasteiger partial charge in [-0.1, -0.05) is 23.7 Å². The number of fused-ring (bicyclic) bond motifs is 2. The summed E-state index contributed by atoms with van der Waals surface area (Å²) in [6.07, 6.45) is 0.983. The molecule has 0 aromatic heterocycles. The summed E-state index contributed by atoms with van der Waals surface area (Å²) in [4.78, 5) is 28.5. The molecule has 3 heterocycles. The maximum Gasteiger partial charge on any atom is 0.310 e. The number of ether oxygens (including phenoxy) is 1. The van der Waals surface area contributed by atoms with Crippen molar-refractivity contribution in [3.8, 4) is 0 Å². The number of rotatable bonds is 3. The van der Waals surface area contributed by atoms with Gasteiger partial charge >= 0.3 is 5.97 Å². The van der Waals surface area contributed by atoms with Gasteiger partial charge in [-0.25, -0.2) is 0 Å². The molecule has 3 aliphatic heterocycles. The number of carbonyl (C=O) groups excluding carboxylic acids is 1. The summed E-state index contributed by atoms with van der Waals surface area (Å²) >= 11 is 6.25. The first-order chi connectivity index (χ1) is 12.1. The molecule has 0 spiro atoms. The Balaban J connectivity index is 1.43. The van der Waals surface area contributed by atoms with E-state index in [0.717, 1.165) is 18.5 Å². The predicted molar refractivity (Wildman–Crippen MR) is 92.8 cm³/mol. The number of anilines is 1. The molecule has 1 amide bonds. The van der Waals surface area contributed by atoms with Gasteiger partial charge in [-0.05, 0) is 25.0 Å². The molecule has 0 saturated carbocycles. The van der Waals surface area contributed by atoms with Gasteiger partial charge < -0.3 is 19.6 Å². The van der Waals surface area contributed by atoms with E-state index in [1.165, 1.54) is 0 Å². The minimum Gasteiger partial charge on any atom is -0.481 e. The molecule has 0 unspecified atom stereocenters. The van der Waals surface area contributed by atoms with Crippen LogP contribution in [0.5, 0.6) is 0 Å². The Morgan fingerprint density at radius 2 is 1.68 bits per heavy atom. The molecule has 134 valence electrons. The predicted octanol–water partition coefficient (Wildman–Crippen LogP) is 1.87. The lowest BCUT2D eigenvalue weighted by Gasteiger charge is -2.38. The minimum absolute atomic E-state index is 0.0709. The summed E-state index contributed by atoms with van der Waals surface area (Å²) in [5, 5.41) is 10.2. The molecular formula is C18H21ClN2O4. The summed E-state index contributed by atoms with van der Waals surface area (Å²) in [6.45, 7) is 2.53. The second-order valence-corrected chi connectivity index (χ2v) is 7.35. The summed E-state index contributed by atoms with van der Waals surface area (Å²) in [5.41, 5.74) is 0.975. The Morgan fingerprint density at radius 1 is 1.04 bits per heavy atom. The van der Waals surface area contributed by atoms with Gasteiger partial charge in [0, 0.05) is 26.2 Å². The number of halogens is 1. The van der Waals surface area contributed by atoms with E-state index in [9.17, 15) is 14.7 Å². The standard InChI is InChI=1S/C18H21ClN2O4/c19-11-3-1-2-4-12(11)20-7-9-21(10-8-20)17(22)15-13-5-6-14(25-13)16(15)18(23)24/h1-4,13-16H,5-10H2,(H,23,24)/t13-,14+,15+,16+/m1/s1. The number of hydrogen-bond acceptors (Lipinski definition) is 4. The molecule has 6 nitrogen and oxygen atoms in total. The average Bonchev–Trinajstić information content (AvgIpc) is 3.23. The number of hydrogen-bond donors (Lipinski definition) is 1. The molecule has 3 saturated heterocycles. The number of carboxylic acid groups (broad SMARTS) is 1. The van der Waals surface area contributed by atoms with E-state index in [-0.39, 0.29) is 18.1 Å². The molecular weight excluding hydrogens is 344 g/mol. The Morgan fingerprint density at radius 3 is 2.32 bits per heavy atom. The summed E-state index contributed by atoms with van der Waals surface area (Å²) < 4.78 is 5.72. The van der Waals surface area contributed by atoms with Gasteiger partial charge in [-0.2, -0.15) is 0 Å². The number of carboxylic acids is 1. The topological polar surface area (TPSA) is 70.1 Å². The number of para-hydroxylation sites is 1. The van der Waals surface area contributed by atoms with Gasteiger partial charge in [0.1, 0.15) is 0 Å². The Labute approximate surface area is 151 Å². The highest BCUT2D eigenvalue weighted by Gasteiger charge is 2.56. The Bertz CT molecular complexity index is 689. The number of aliphatic carboxylic acids is 1. The van der Waals surface area contributed by atoms with Crippen molar-refractivity contribution >= 4 is 29.2 Å². The molecule has 7 heteroatoms. The van der Waals surface area contributed by atoms with Crippen LogP contribution in [0.2, 0.25) is 5.02 Å². The third-order valence-corrected chi connectivity index (χ3v) is 5.95. The van der Waals surface area contributed by atoms with E-state index in [1.54, 1.807) is 4.90 Å². The smallest absolute Gasteiger partial charge is 0.310 e. The molecule has 4 rings (SSSR count). The van der Waals surface area contributed by atoms with Gasteiger partial charge in [0.2, 0.25) is 5.91 Å². The highest BCUT2D eigenvalue weighted by molar-refractivity contribution is 6.33. The van der Waals surface area contributed by atoms with Gasteiger partial charge in [-0.15, -0.1) is 0 Å². The van der Waals surface area contributed by atoms with E-state index in [4.69, 9.17) is 16.3 Å². The molecule has 4 atom stereocenters. The van der Waals surface area contributed by atoms with E-state index >= 15 is 0 Å². The first-order valence-corrected chi connectivity index (χ1v) is 9.10. The maximum absolute atomic E-state index is 13.0. The second kappa shape index (κ2) is 6.50. The third-order valence-electron chi connectivity index (χ3n) is 5.63. The molecule has 2 bridgehead atoms. The molecule has 3 aliphatic rings. The zero-order valence-electron chi connectivity index (χ0n) is 13.8. The van der Waals surface area contributed by atoms with Gasteiger partial charge in [0.15, 0.2) is 0 Å². The molecule has 0 radical (unpaired) electrons. The van der Waals surface area contributed by atoms with Crippen molar-refractivity contribution in [3.05, 3.63) is 29.3 Å². The molecule has 1 aromatic carbocycles. The van der Waals surface area contributed by atoms with Crippen molar-refractivity contribution < 1.29 is 19.4 Å². The zero-order valence-corrected chi connectivity index (χ0v) is 14.6. The minimum atomic E-state index is -0.916. The van der Waals surface area contributed by atoms with Crippen LogP contribution in [-0.2, 0) is 14.3 Å². The van der Waals surface area contributed by atoms with Crippen LogP contribution >= 0.6 is 11.6 Å². The number of piperazine rings is 1. The van der Waals surface area contributed by atoms with Crippen LogP contribution in [0, 0.1) is 11.8 Å². The summed E-state index contributed by atoms with van der Waals surface area (Å²) in [5.74, 6) is -2.23. The van der Waals surface area contributed by atoms with Crippen LogP contribution in [0.4, 0.5) is 5.69 Å². The summed E-state index contributed by atoms with van der Waals surface area (Å²) in [6, 6.07) is 7.68. The second-order valence-electron chi connectivity index (χ2n) is 6.94. The maximum atomic E-state index is 13.0. The quantitative estimate of drug-likeness (QED) is 0.886. The average molecular weight is 365 g/mol. The van der Waals surface area contributed by atoms with Gasteiger partial charge in [-0.3, -0.25) is 9.59 Å². The van der Waals surface area contributed by atoms with Crippen molar-refractivity contribution in [3.63, 3.8) is 0 Å². The van der Waals surface area contributed by atoms with Crippen molar-refractivity contribution in [1.82, 2.24) is 4.90 Å². The first-order valence-electron chi connectivity index (χ1n) is 8.73. The number of benzene rings is 1. The van der Waals surface area contributed by atoms with Crippen LogP contribution in [0.25, 0.3) is 0 Å². The normalized spacial score (nSPS) is 31.4. The largest absolute Gasteiger partial charge is 0.481 e. The zero-order chi connectivity index (χ0) is 17.6. The van der Waals surface area contributed by atoms with Crippen molar-refractivity contribution in [2.24, 2.45) is 11.8 Å². The van der Waals surface area contributed by atoms with Crippen LogP contribution < -0.4 is 4.90 Å². The van der Waals surface area contributed by atoms with E-state index < -0.39 is 17.8 Å². The lowest BCUT2D eigenvalue weighted by Crippen LogP contribution is -2.53. The molecule has 3 fully saturated rings. The highest BCUT2D eigenvalue weighted by Crippen LogP contribution is 2.44. The van der Waals surface area contributed by atoms with Crippen molar-refractivity contribution in [2.75, 3.05) is 31.1 Å². The fraction of sp³-hybridized carbons (Fsp3) is 0.556. The fourth-order valence-electron chi connectivity index (χ4n) is 4.39. The first kappa shape index (κ1) is 16.7. The lowest BCUT2D eigenvalue weighted by molar-refractivity contribution is -0.151. The molecule has 1 aromatic rings. The molecule has 1 N–H and O–H groups in total. The van der Waals surface area contributed by atoms with E-state index in [1.807, 2.05) is 24.3 Å². The van der Waals surface area contributed by atoms with Crippen LogP contribution in [-0.4, -0.2) is 60.3 Å². The van der Waals surface area contributed by atoms with Gasteiger partial charge in [0.05, 0.1) is 34.8 Å². The SMILES string of the molecule is O=C(O)[C@@H]1[C@@H](C(=O)N2CCN(c3ccccc3Cl)CC2)[C@H]2CC[C@@H]1O2. The van der Waals surface area contributed by atoms with E-state index in [2.05, 4.69) is 4.90 Å². The Kier molecular flexibility index (Phi) is 4.33. The lowest BCUT2D eigenvalue weighted by atomic mass is 9.78. The van der Waals surface area contributed by atoms with Crippen LogP contribution in [0.15, 0.2) is 24.3 Å². The van der Waals surface area contributed by atoms with Crippen LogP contribution in [0.3, 0.4) is 0 Å². The van der Waals surface area contributed by atoms with Crippen LogP contribution in [0.1, 0.15) is 12.8 Å². The Hall–Kier alpha value is -1.79. The molecule has 25 heavy (non-hydrogen) atoms. The van der Waals surface area contributed by atoms with Crippen molar-refractivity contribution in [2.45, 2.75) is 25.0 Å². The number of amides is 1. The van der Waals surface area contributed by atoms with Gasteiger partial charge in [0.25, 0.3) is 0 Å². The number of nitrogens with zero attached hydrogens (tertiary/aromatic N) is 2. The highest BCUT2D eigenvalue weighted by atomic mass is 35.5. The molecule has 0 aliphatic carbocycles. The summed E-state index contributed by atoms with van der Waals surface area (Å²) in [7, 11) is 0. The third kappa shape index (κ3) is 2.87. The monoisotopic (exact) mass is 364 g/mol.